The van der Waals surface area contributed by atoms with Crippen molar-refractivity contribution in [1.29, 1.82) is 0 Å². The fraction of sp³-hybridized carbons (Fsp3) is 0.875. The van der Waals surface area contributed by atoms with Crippen LogP contribution in [0.3, 0.4) is 0 Å². The second-order valence-corrected chi connectivity index (χ2v) is 2.97. The highest BCUT2D eigenvalue weighted by molar-refractivity contribution is 5.46. The SMILES string of the molecule is O=CNC1CCCCCC1. The predicted octanol–water partition coefficient (Wildman–Crippen LogP) is 1.46. The van der Waals surface area contributed by atoms with Crippen molar-refractivity contribution in [2.24, 2.45) is 0 Å². The summed E-state index contributed by atoms with van der Waals surface area (Å²) in [7, 11) is 0. The molecule has 0 heterocycles. The highest BCUT2D eigenvalue weighted by atomic mass is 16.1. The Labute approximate surface area is 62.0 Å². The lowest BCUT2D eigenvalue weighted by atomic mass is 10.1. The van der Waals surface area contributed by atoms with Crippen LogP contribution in [0, 0.1) is 0 Å². The molecular formula is C8H15NO. The second kappa shape index (κ2) is 4.31. The topological polar surface area (TPSA) is 29.1 Å². The number of carbonyl (C=O) groups excluding carboxylic acids is 1. The van der Waals surface area contributed by atoms with Crippen LogP contribution in [0.4, 0.5) is 0 Å². The molecule has 0 spiro atoms. The average Bonchev–Trinajstić information content (AvgIpc) is 2.17. The molecule has 2 heteroatoms. The van der Waals surface area contributed by atoms with Crippen LogP contribution < -0.4 is 5.32 Å². The molecule has 0 aromatic carbocycles. The van der Waals surface area contributed by atoms with Crippen LogP contribution in [0.2, 0.25) is 0 Å². The lowest BCUT2D eigenvalue weighted by Gasteiger charge is -2.10. The monoisotopic (exact) mass is 141 g/mol. The summed E-state index contributed by atoms with van der Waals surface area (Å²) in [6, 6.07) is 0.472. The molecule has 10 heavy (non-hydrogen) atoms. The summed E-state index contributed by atoms with van der Waals surface area (Å²) in [5.41, 5.74) is 0. The highest BCUT2D eigenvalue weighted by Gasteiger charge is 2.09. The molecule has 1 aliphatic carbocycles. The summed E-state index contributed by atoms with van der Waals surface area (Å²) < 4.78 is 0. The molecule has 0 aromatic heterocycles. The summed E-state index contributed by atoms with van der Waals surface area (Å²) in [4.78, 5) is 10.1. The molecule has 58 valence electrons. The largest absolute Gasteiger partial charge is 0.356 e. The van der Waals surface area contributed by atoms with E-state index in [9.17, 15) is 4.79 Å². The van der Waals surface area contributed by atoms with Crippen LogP contribution in [-0.2, 0) is 4.79 Å². The quantitative estimate of drug-likeness (QED) is 0.457. The van der Waals surface area contributed by atoms with Gasteiger partial charge in [0, 0.05) is 6.04 Å². The zero-order chi connectivity index (χ0) is 7.23. The van der Waals surface area contributed by atoms with E-state index < -0.39 is 0 Å². The molecule has 0 radical (unpaired) electrons. The molecule has 0 unspecified atom stereocenters. The minimum absolute atomic E-state index is 0.472. The van der Waals surface area contributed by atoms with Gasteiger partial charge in [-0.05, 0) is 12.8 Å². The second-order valence-electron chi connectivity index (χ2n) is 2.97. The molecular weight excluding hydrogens is 126 g/mol. The van der Waals surface area contributed by atoms with E-state index in [-0.39, 0.29) is 0 Å². The van der Waals surface area contributed by atoms with Crippen molar-refractivity contribution in [3.05, 3.63) is 0 Å². The summed E-state index contributed by atoms with van der Waals surface area (Å²) in [6.07, 6.45) is 8.44. The minimum Gasteiger partial charge on any atom is -0.356 e. The number of rotatable bonds is 2. The van der Waals surface area contributed by atoms with Gasteiger partial charge in [0.15, 0.2) is 0 Å². The van der Waals surface area contributed by atoms with Gasteiger partial charge in [0.25, 0.3) is 0 Å². The number of hydrogen-bond donors (Lipinski definition) is 1. The van der Waals surface area contributed by atoms with Gasteiger partial charge in [-0.15, -0.1) is 0 Å². The standard InChI is InChI=1S/C8H15NO/c10-7-9-8-5-3-1-2-4-6-8/h7-8H,1-6H2,(H,9,10). The summed E-state index contributed by atoms with van der Waals surface area (Å²) in [5.74, 6) is 0. The van der Waals surface area contributed by atoms with Crippen LogP contribution in [-0.4, -0.2) is 12.5 Å². The van der Waals surface area contributed by atoms with E-state index in [4.69, 9.17) is 0 Å². The number of amides is 1. The summed E-state index contributed by atoms with van der Waals surface area (Å²) in [5, 5.41) is 2.84. The van der Waals surface area contributed by atoms with Crippen molar-refractivity contribution >= 4 is 6.41 Å². The lowest BCUT2D eigenvalue weighted by Crippen LogP contribution is -2.26. The molecule has 1 N–H and O–H groups in total. The van der Waals surface area contributed by atoms with E-state index in [0.29, 0.717) is 6.04 Å². The smallest absolute Gasteiger partial charge is 0.207 e. The first kappa shape index (κ1) is 7.58. The zero-order valence-corrected chi connectivity index (χ0v) is 6.31. The van der Waals surface area contributed by atoms with Crippen molar-refractivity contribution in [1.82, 2.24) is 5.32 Å². The first-order valence-electron chi connectivity index (χ1n) is 4.13. The number of carbonyl (C=O) groups is 1. The maximum absolute atomic E-state index is 10.1. The first-order valence-corrected chi connectivity index (χ1v) is 4.13. The Kier molecular flexibility index (Phi) is 3.27. The maximum atomic E-state index is 10.1. The molecule has 1 amide bonds. The Hall–Kier alpha value is -0.530. The number of nitrogens with one attached hydrogen (secondary N) is 1. The Balaban J connectivity index is 2.21. The molecule has 0 bridgehead atoms. The normalized spacial score (nSPS) is 21.6. The summed E-state index contributed by atoms with van der Waals surface area (Å²) >= 11 is 0. The van der Waals surface area contributed by atoms with Crippen molar-refractivity contribution in [3.8, 4) is 0 Å². The van der Waals surface area contributed by atoms with Gasteiger partial charge in [-0.2, -0.15) is 0 Å². The molecule has 1 fully saturated rings. The highest BCUT2D eigenvalue weighted by Crippen LogP contribution is 2.16. The first-order chi connectivity index (χ1) is 4.93. The Morgan fingerprint density at radius 1 is 1.10 bits per heavy atom. The Bertz CT molecular complexity index is 95.4. The maximum Gasteiger partial charge on any atom is 0.207 e. The molecule has 1 aliphatic rings. The Morgan fingerprint density at radius 3 is 2.20 bits per heavy atom. The van der Waals surface area contributed by atoms with Gasteiger partial charge in [0.1, 0.15) is 0 Å². The fourth-order valence-corrected chi connectivity index (χ4v) is 1.54. The van der Waals surface area contributed by atoms with Gasteiger partial charge < -0.3 is 5.32 Å². The van der Waals surface area contributed by atoms with Gasteiger partial charge in [0.05, 0.1) is 0 Å². The van der Waals surface area contributed by atoms with Crippen molar-refractivity contribution in [2.75, 3.05) is 0 Å². The van der Waals surface area contributed by atoms with Crippen molar-refractivity contribution in [2.45, 2.75) is 44.6 Å². The van der Waals surface area contributed by atoms with Crippen molar-refractivity contribution < 1.29 is 4.79 Å². The van der Waals surface area contributed by atoms with Crippen LogP contribution in [0.5, 0.6) is 0 Å². The van der Waals surface area contributed by atoms with E-state index in [1.54, 1.807) is 0 Å². The van der Waals surface area contributed by atoms with E-state index >= 15 is 0 Å². The van der Waals surface area contributed by atoms with Gasteiger partial charge >= 0.3 is 0 Å². The van der Waals surface area contributed by atoms with E-state index in [2.05, 4.69) is 5.32 Å². The third kappa shape index (κ3) is 2.38. The van der Waals surface area contributed by atoms with E-state index in [1.165, 1.54) is 38.5 Å². The van der Waals surface area contributed by atoms with Crippen LogP contribution >= 0.6 is 0 Å². The summed E-state index contributed by atoms with van der Waals surface area (Å²) in [6.45, 7) is 0. The minimum atomic E-state index is 0.472. The van der Waals surface area contributed by atoms with Crippen molar-refractivity contribution in [3.63, 3.8) is 0 Å². The molecule has 1 saturated carbocycles. The third-order valence-corrected chi connectivity index (χ3v) is 2.16. The fourth-order valence-electron chi connectivity index (χ4n) is 1.54. The van der Waals surface area contributed by atoms with Crippen LogP contribution in [0.15, 0.2) is 0 Å². The zero-order valence-electron chi connectivity index (χ0n) is 6.31. The molecule has 2 nitrogen and oxygen atoms in total. The van der Waals surface area contributed by atoms with Gasteiger partial charge in [-0.25, -0.2) is 0 Å². The van der Waals surface area contributed by atoms with Gasteiger partial charge in [0.2, 0.25) is 6.41 Å². The molecule has 1 rings (SSSR count). The average molecular weight is 141 g/mol. The predicted molar refractivity (Wildman–Crippen MR) is 40.7 cm³/mol. The number of hydrogen-bond acceptors (Lipinski definition) is 1. The van der Waals surface area contributed by atoms with E-state index in [0.717, 1.165) is 6.41 Å². The van der Waals surface area contributed by atoms with Crippen LogP contribution in [0.1, 0.15) is 38.5 Å². The lowest BCUT2D eigenvalue weighted by molar-refractivity contribution is -0.110. The molecule has 0 atom stereocenters. The Morgan fingerprint density at radius 2 is 1.70 bits per heavy atom. The van der Waals surface area contributed by atoms with Gasteiger partial charge in [-0.3, -0.25) is 4.79 Å². The molecule has 0 saturated heterocycles. The van der Waals surface area contributed by atoms with Crippen LogP contribution in [0.25, 0.3) is 0 Å². The van der Waals surface area contributed by atoms with E-state index in [1.807, 2.05) is 0 Å². The van der Waals surface area contributed by atoms with Gasteiger partial charge in [-0.1, -0.05) is 25.7 Å². The molecule has 0 aliphatic heterocycles. The molecule has 0 aromatic rings. The third-order valence-electron chi connectivity index (χ3n) is 2.16.